The number of likely N-dealkylation sites (tertiary alicyclic amines) is 2. The Morgan fingerprint density at radius 1 is 1.02 bits per heavy atom. The highest BCUT2D eigenvalue weighted by Gasteiger charge is 2.73. The number of rotatable bonds is 14. The summed E-state index contributed by atoms with van der Waals surface area (Å²) in [6.07, 6.45) is 6.06. The average molecular weight is 785 g/mol. The second kappa shape index (κ2) is 15.0. The van der Waals surface area contributed by atoms with Gasteiger partial charge in [0, 0.05) is 61.9 Å². The highest BCUT2D eigenvalue weighted by molar-refractivity contribution is 7.88. The smallest absolute Gasteiger partial charge is 0.301 e. The van der Waals surface area contributed by atoms with E-state index in [4.69, 9.17) is 10.5 Å². The van der Waals surface area contributed by atoms with Gasteiger partial charge in [0.2, 0.25) is 11.8 Å². The zero-order valence-corrected chi connectivity index (χ0v) is 33.1. The van der Waals surface area contributed by atoms with E-state index < -0.39 is 62.2 Å². The predicted octanol–water partition coefficient (Wildman–Crippen LogP) is 4.27. The fourth-order valence-electron chi connectivity index (χ4n) is 8.69. The number of nitrogens with zero attached hydrogens (tertiary/aromatic N) is 3. The van der Waals surface area contributed by atoms with Gasteiger partial charge in [-0.15, -0.1) is 6.58 Å². The first-order chi connectivity index (χ1) is 26.6. The van der Waals surface area contributed by atoms with Crippen LogP contribution in [0.4, 0.5) is 0 Å². The molecule has 5 atom stereocenters. The molecule has 14 heteroatoms. The van der Waals surface area contributed by atoms with Crippen molar-refractivity contribution in [2.24, 2.45) is 23.0 Å². The predicted molar refractivity (Wildman–Crippen MR) is 212 cm³/mol. The molecule has 2 aliphatic carbocycles. The fraction of sp³-hybridized carbons (Fsp3) is 0.500. The standard InChI is InChI=1S/C42H52N6O7S/c1-5-29-24-41(29,39(52)46-56(53,54)45-30-15-16-30)48-26-31(55-35-18-19-44-34-22-28(14-17-32(34)35)27-12-8-6-9-13-27)25-42(48,38(43)51)37(50)33(40(2,3)4)23-36(49)47-20-10-7-11-21-47/h5-6,8-9,12-14,17-19,22,29-31,33,45H,1,7,10-11,15-16,20-21,23-26H2,2-4H3,(H2,43,51)(H,46,52)/t29-,31+,33-,41-,42+/m1/s1. The van der Waals surface area contributed by atoms with Crippen LogP contribution in [-0.2, 0) is 29.4 Å². The van der Waals surface area contributed by atoms with Crippen LogP contribution in [0.1, 0.15) is 72.1 Å². The van der Waals surface area contributed by atoms with Gasteiger partial charge in [0.25, 0.3) is 5.91 Å². The maximum Gasteiger partial charge on any atom is 0.301 e. The average Bonchev–Trinajstić information content (AvgIpc) is 4.09. The molecule has 7 rings (SSSR count). The number of nitrogens with two attached hydrogens (primary N) is 1. The number of carbonyl (C=O) groups is 4. The third-order valence-corrected chi connectivity index (χ3v) is 13.1. The summed E-state index contributed by atoms with van der Waals surface area (Å²) in [7, 11) is -4.28. The van der Waals surface area contributed by atoms with Gasteiger partial charge >= 0.3 is 10.2 Å². The number of ether oxygens (including phenoxy) is 1. The summed E-state index contributed by atoms with van der Waals surface area (Å²) >= 11 is 0. The van der Waals surface area contributed by atoms with Crippen molar-refractivity contribution in [3.8, 4) is 16.9 Å². The number of hydrogen-bond donors (Lipinski definition) is 3. The number of benzene rings is 2. The van der Waals surface area contributed by atoms with Crippen LogP contribution in [0.3, 0.4) is 0 Å². The van der Waals surface area contributed by atoms with Gasteiger partial charge in [-0.3, -0.25) is 29.1 Å². The van der Waals surface area contributed by atoms with Gasteiger partial charge in [0.15, 0.2) is 11.3 Å². The molecule has 56 heavy (non-hydrogen) atoms. The van der Waals surface area contributed by atoms with Crippen LogP contribution in [0.2, 0.25) is 0 Å². The number of pyridine rings is 1. The molecular weight excluding hydrogens is 733 g/mol. The van der Waals surface area contributed by atoms with Crippen LogP contribution in [0.5, 0.6) is 5.75 Å². The second-order valence-corrected chi connectivity index (χ2v) is 18.4. The van der Waals surface area contributed by atoms with Crippen molar-refractivity contribution in [2.75, 3.05) is 19.6 Å². The zero-order chi connectivity index (χ0) is 40.0. The monoisotopic (exact) mass is 784 g/mol. The summed E-state index contributed by atoms with van der Waals surface area (Å²) in [5, 5.41) is 0.696. The first kappa shape index (κ1) is 39.6. The van der Waals surface area contributed by atoms with E-state index in [1.807, 2.05) is 69.3 Å². The summed E-state index contributed by atoms with van der Waals surface area (Å²) < 4.78 is 37.6. The number of piperidine rings is 1. The molecule has 298 valence electrons. The highest BCUT2D eigenvalue weighted by Crippen LogP contribution is 2.56. The van der Waals surface area contributed by atoms with Crippen molar-refractivity contribution in [3.05, 3.63) is 73.4 Å². The lowest BCUT2D eigenvalue weighted by Crippen LogP contribution is -2.68. The molecule has 13 nitrogen and oxygen atoms in total. The molecule has 0 unspecified atom stereocenters. The minimum Gasteiger partial charge on any atom is -0.488 e. The van der Waals surface area contributed by atoms with Gasteiger partial charge in [-0.1, -0.05) is 63.2 Å². The third kappa shape index (κ3) is 7.58. The summed E-state index contributed by atoms with van der Waals surface area (Å²) in [6.45, 7) is 10.5. The third-order valence-electron chi connectivity index (χ3n) is 12.0. The molecule has 0 spiro atoms. The molecule has 4 N–H and O–H groups in total. The highest BCUT2D eigenvalue weighted by atomic mass is 32.2. The van der Waals surface area contributed by atoms with E-state index in [0.29, 0.717) is 42.6 Å². The van der Waals surface area contributed by atoms with Crippen LogP contribution in [0, 0.1) is 17.3 Å². The Labute approximate surface area is 328 Å². The zero-order valence-electron chi connectivity index (χ0n) is 32.3. The lowest BCUT2D eigenvalue weighted by Gasteiger charge is -2.43. The Morgan fingerprint density at radius 2 is 1.73 bits per heavy atom. The van der Waals surface area contributed by atoms with E-state index in [1.54, 1.807) is 17.2 Å². The Morgan fingerprint density at radius 3 is 2.36 bits per heavy atom. The minimum absolute atomic E-state index is 0.0870. The normalized spacial score (nSPS) is 26.0. The number of ketones is 1. The molecule has 3 amide bonds. The minimum atomic E-state index is -4.28. The number of fused-ring (bicyclic) bond motifs is 1. The molecule has 2 aromatic carbocycles. The summed E-state index contributed by atoms with van der Waals surface area (Å²) in [4.78, 5) is 65.7. The number of amides is 3. The van der Waals surface area contributed by atoms with Gasteiger partial charge in [0.1, 0.15) is 17.4 Å². The fourth-order valence-corrected chi connectivity index (χ4v) is 9.84. The van der Waals surface area contributed by atoms with Gasteiger partial charge < -0.3 is 15.4 Å². The van der Waals surface area contributed by atoms with E-state index in [9.17, 15) is 22.8 Å². The first-order valence-electron chi connectivity index (χ1n) is 19.6. The number of carbonyl (C=O) groups excluding carboxylic acids is 4. The largest absolute Gasteiger partial charge is 0.488 e. The quantitative estimate of drug-likeness (QED) is 0.159. The van der Waals surface area contributed by atoms with Gasteiger partial charge in [-0.25, -0.2) is 4.72 Å². The van der Waals surface area contributed by atoms with Crippen molar-refractivity contribution >= 4 is 44.6 Å². The van der Waals surface area contributed by atoms with Crippen molar-refractivity contribution in [3.63, 3.8) is 0 Å². The Balaban J connectivity index is 1.28. The maximum absolute atomic E-state index is 15.4. The van der Waals surface area contributed by atoms with E-state index in [1.165, 1.54) is 11.0 Å². The van der Waals surface area contributed by atoms with E-state index >= 15 is 4.79 Å². The SMILES string of the molecule is C=C[C@@H]1C[C@@]1(C(=O)NS(=O)(=O)NC1CC1)N1C[C@@H](Oc2ccnc3cc(-c4ccccc4)ccc23)C[C@@]1(C(N)=O)C(=O)[C@@H](CC(=O)N1CCCCC1)C(C)(C)C. The second-order valence-electron chi connectivity index (χ2n) is 16.9. The molecule has 3 aromatic rings. The summed E-state index contributed by atoms with van der Waals surface area (Å²) in [5.41, 5.74) is 4.39. The van der Waals surface area contributed by atoms with Crippen LogP contribution in [0.25, 0.3) is 22.0 Å². The van der Waals surface area contributed by atoms with Crippen LogP contribution in [-0.4, -0.2) is 89.6 Å². The molecular formula is C42H52N6O7S. The number of Topliss-reactive ketones (excluding diaryl/α,β-unsaturated/α-hetero) is 1. The van der Waals surface area contributed by atoms with E-state index in [0.717, 1.165) is 30.4 Å². The van der Waals surface area contributed by atoms with Crippen molar-refractivity contribution in [1.29, 1.82) is 0 Å². The Hall–Kier alpha value is -4.66. The molecule has 2 saturated carbocycles. The van der Waals surface area contributed by atoms with E-state index in [-0.39, 0.29) is 37.8 Å². The molecule has 2 aliphatic heterocycles. The van der Waals surface area contributed by atoms with Crippen molar-refractivity contribution in [1.82, 2.24) is 24.2 Å². The first-order valence-corrected chi connectivity index (χ1v) is 21.0. The lowest BCUT2D eigenvalue weighted by molar-refractivity contribution is -0.153. The van der Waals surface area contributed by atoms with Crippen LogP contribution < -0.4 is 19.9 Å². The number of nitrogens with one attached hydrogen (secondary N) is 2. The lowest BCUT2D eigenvalue weighted by atomic mass is 9.69. The molecule has 0 radical (unpaired) electrons. The van der Waals surface area contributed by atoms with Crippen LogP contribution in [0.15, 0.2) is 73.4 Å². The van der Waals surface area contributed by atoms with Gasteiger partial charge in [-0.05, 0) is 73.3 Å². The molecule has 2 saturated heterocycles. The molecule has 3 heterocycles. The number of primary amides is 1. The van der Waals surface area contributed by atoms with Crippen LogP contribution >= 0.6 is 0 Å². The molecule has 1 aromatic heterocycles. The topological polar surface area (TPSA) is 181 Å². The molecule has 4 fully saturated rings. The summed E-state index contributed by atoms with van der Waals surface area (Å²) in [5.74, 6) is -3.83. The molecule has 0 bridgehead atoms. The van der Waals surface area contributed by atoms with E-state index in [2.05, 4.69) is 21.0 Å². The summed E-state index contributed by atoms with van der Waals surface area (Å²) in [6, 6.07) is 17.1. The Bertz CT molecular complexity index is 2150. The number of aromatic nitrogens is 1. The van der Waals surface area contributed by atoms with Crippen molar-refractivity contribution < 1.29 is 32.3 Å². The Kier molecular flexibility index (Phi) is 10.6. The molecule has 4 aliphatic rings. The van der Waals surface area contributed by atoms with Crippen molar-refractivity contribution in [2.45, 2.75) is 95.4 Å². The number of hydrogen-bond acceptors (Lipinski definition) is 9. The van der Waals surface area contributed by atoms with Gasteiger partial charge in [0.05, 0.1) is 5.52 Å². The maximum atomic E-state index is 15.4. The van der Waals surface area contributed by atoms with Gasteiger partial charge in [-0.2, -0.15) is 13.1 Å².